The van der Waals surface area contributed by atoms with E-state index in [2.05, 4.69) is 10.1 Å². The monoisotopic (exact) mass is 275 g/mol. The third-order valence-electron chi connectivity index (χ3n) is 2.72. The molecule has 0 aliphatic carbocycles. The predicted molar refractivity (Wildman–Crippen MR) is 67.3 cm³/mol. The summed E-state index contributed by atoms with van der Waals surface area (Å²) in [5.41, 5.74) is 0.661. The van der Waals surface area contributed by atoms with Gasteiger partial charge in [-0.1, -0.05) is 18.2 Å². The number of benzene rings is 1. The Labute approximate surface area is 111 Å². The Kier molecular flexibility index (Phi) is 6.69. The first-order valence-corrected chi connectivity index (χ1v) is 5.91. The Morgan fingerprint density at radius 3 is 2.37 bits per heavy atom. The van der Waals surface area contributed by atoms with E-state index in [0.717, 1.165) is 0 Å². The lowest BCUT2D eigenvalue weighted by Gasteiger charge is -2.20. The van der Waals surface area contributed by atoms with Crippen molar-refractivity contribution in [2.24, 2.45) is 0 Å². The molecule has 0 saturated carbocycles. The molecule has 0 aliphatic heterocycles. The number of alkyl halides is 2. The average Bonchev–Trinajstić information content (AvgIpc) is 2.39. The summed E-state index contributed by atoms with van der Waals surface area (Å²) in [6.07, 6.45) is -0.384. The quantitative estimate of drug-likeness (QED) is 0.740. The fourth-order valence-corrected chi connectivity index (χ4v) is 1.69. The lowest BCUT2D eigenvalue weighted by Crippen LogP contribution is -2.31. The van der Waals surface area contributed by atoms with Crippen molar-refractivity contribution in [1.29, 1.82) is 0 Å². The number of halogens is 2. The molecule has 0 bridgehead atoms. The number of methoxy groups -OCH3 is 2. The van der Waals surface area contributed by atoms with Gasteiger partial charge in [0.25, 0.3) is 0 Å². The molecule has 1 N–H and O–H groups in total. The third-order valence-corrected chi connectivity index (χ3v) is 2.72. The van der Waals surface area contributed by atoms with Gasteiger partial charge in [0.05, 0.1) is 0 Å². The fraction of sp³-hybridized carbons (Fsp3) is 0.538. The molecule has 6 heteroatoms. The zero-order chi connectivity index (χ0) is 14.3. The second kappa shape index (κ2) is 8.04. The first-order valence-electron chi connectivity index (χ1n) is 5.91. The molecule has 4 nitrogen and oxygen atoms in total. The van der Waals surface area contributed by atoms with Crippen molar-refractivity contribution in [2.45, 2.75) is 25.9 Å². The van der Waals surface area contributed by atoms with E-state index < -0.39 is 6.61 Å². The molecule has 0 amide bonds. The summed E-state index contributed by atoms with van der Waals surface area (Å²) < 4.78 is 39.2. The zero-order valence-corrected chi connectivity index (χ0v) is 11.2. The predicted octanol–water partition coefficient (Wildman–Crippen LogP) is 2.56. The van der Waals surface area contributed by atoms with Crippen LogP contribution in [0.2, 0.25) is 0 Å². The number of hydrogen-bond acceptors (Lipinski definition) is 4. The Morgan fingerprint density at radius 2 is 1.79 bits per heavy atom. The Hall–Kier alpha value is -1.24. The van der Waals surface area contributed by atoms with Gasteiger partial charge in [0.2, 0.25) is 0 Å². The molecule has 0 saturated heterocycles. The molecular weight excluding hydrogens is 256 g/mol. The van der Waals surface area contributed by atoms with Gasteiger partial charge in [0.1, 0.15) is 5.75 Å². The van der Waals surface area contributed by atoms with E-state index in [1.165, 1.54) is 20.3 Å². The molecule has 1 atom stereocenters. The highest BCUT2D eigenvalue weighted by molar-refractivity contribution is 5.35. The Balaban J connectivity index is 2.67. The topological polar surface area (TPSA) is 39.7 Å². The van der Waals surface area contributed by atoms with Crippen molar-refractivity contribution in [2.75, 3.05) is 20.8 Å². The summed E-state index contributed by atoms with van der Waals surface area (Å²) >= 11 is 0. The SMILES string of the molecule is COC(CNC(C)c1ccccc1OC(F)F)OC. The van der Waals surface area contributed by atoms with Crippen molar-refractivity contribution < 1.29 is 23.0 Å². The van der Waals surface area contributed by atoms with Crippen LogP contribution >= 0.6 is 0 Å². The Bertz CT molecular complexity index is 373. The van der Waals surface area contributed by atoms with E-state index in [-0.39, 0.29) is 18.1 Å². The van der Waals surface area contributed by atoms with Gasteiger partial charge in [-0.15, -0.1) is 0 Å². The van der Waals surface area contributed by atoms with Crippen LogP contribution in [0.1, 0.15) is 18.5 Å². The first kappa shape index (κ1) is 15.8. The molecule has 1 aromatic rings. The van der Waals surface area contributed by atoms with Crippen LogP contribution < -0.4 is 10.1 Å². The molecule has 19 heavy (non-hydrogen) atoms. The van der Waals surface area contributed by atoms with Crippen molar-refractivity contribution >= 4 is 0 Å². The standard InChI is InChI=1S/C13H19F2NO3/c1-9(16-8-12(17-2)18-3)10-6-4-5-7-11(10)19-13(14)15/h4-7,9,12-13,16H,8H2,1-3H3. The highest BCUT2D eigenvalue weighted by Crippen LogP contribution is 2.26. The maximum Gasteiger partial charge on any atom is 0.387 e. The normalized spacial score (nSPS) is 13.0. The molecule has 0 radical (unpaired) electrons. The second-order valence-electron chi connectivity index (χ2n) is 3.95. The van der Waals surface area contributed by atoms with Gasteiger partial charge in [-0.3, -0.25) is 0 Å². The summed E-state index contributed by atoms with van der Waals surface area (Å²) in [5.74, 6) is 0.170. The number of nitrogens with one attached hydrogen (secondary N) is 1. The number of para-hydroxylation sites is 1. The van der Waals surface area contributed by atoms with Gasteiger partial charge in [-0.05, 0) is 13.0 Å². The highest BCUT2D eigenvalue weighted by Gasteiger charge is 2.15. The van der Waals surface area contributed by atoms with Crippen LogP contribution in [0.3, 0.4) is 0 Å². The Morgan fingerprint density at radius 1 is 1.16 bits per heavy atom. The van der Waals surface area contributed by atoms with Gasteiger partial charge in [0.15, 0.2) is 6.29 Å². The summed E-state index contributed by atoms with van der Waals surface area (Å²) in [4.78, 5) is 0. The van der Waals surface area contributed by atoms with E-state index in [1.807, 2.05) is 6.92 Å². The molecule has 1 aromatic carbocycles. The van der Waals surface area contributed by atoms with Gasteiger partial charge >= 0.3 is 6.61 Å². The minimum absolute atomic E-state index is 0.164. The van der Waals surface area contributed by atoms with E-state index in [1.54, 1.807) is 18.2 Å². The smallest absolute Gasteiger partial charge is 0.387 e. The van der Waals surface area contributed by atoms with Crippen molar-refractivity contribution in [3.8, 4) is 5.75 Å². The molecule has 0 aromatic heterocycles. The number of rotatable bonds is 8. The van der Waals surface area contributed by atoms with Crippen LogP contribution in [0.4, 0.5) is 8.78 Å². The third kappa shape index (κ3) is 5.10. The lowest BCUT2D eigenvalue weighted by molar-refractivity contribution is -0.0998. The van der Waals surface area contributed by atoms with Gasteiger partial charge in [-0.2, -0.15) is 8.78 Å². The maximum atomic E-state index is 12.3. The van der Waals surface area contributed by atoms with Crippen LogP contribution in [0.25, 0.3) is 0 Å². The van der Waals surface area contributed by atoms with Crippen molar-refractivity contribution in [3.05, 3.63) is 29.8 Å². The first-order chi connectivity index (χ1) is 9.08. The fourth-order valence-electron chi connectivity index (χ4n) is 1.69. The average molecular weight is 275 g/mol. The molecule has 108 valence electrons. The minimum Gasteiger partial charge on any atom is -0.434 e. The maximum absolute atomic E-state index is 12.3. The summed E-state index contributed by atoms with van der Waals surface area (Å²) in [6, 6.07) is 6.52. The molecule has 1 unspecified atom stereocenters. The number of hydrogen-bond donors (Lipinski definition) is 1. The van der Waals surface area contributed by atoms with E-state index in [4.69, 9.17) is 9.47 Å². The minimum atomic E-state index is -2.83. The molecule has 0 fully saturated rings. The molecule has 0 heterocycles. The van der Waals surface area contributed by atoms with Crippen LogP contribution in [0.15, 0.2) is 24.3 Å². The van der Waals surface area contributed by atoms with Gasteiger partial charge < -0.3 is 19.5 Å². The van der Waals surface area contributed by atoms with E-state index >= 15 is 0 Å². The molecule has 1 rings (SSSR count). The highest BCUT2D eigenvalue weighted by atomic mass is 19.3. The largest absolute Gasteiger partial charge is 0.434 e. The van der Waals surface area contributed by atoms with E-state index in [0.29, 0.717) is 12.1 Å². The summed E-state index contributed by atoms with van der Waals surface area (Å²) in [7, 11) is 3.07. The number of ether oxygens (including phenoxy) is 3. The summed E-state index contributed by atoms with van der Waals surface area (Å²) in [6.45, 7) is -0.535. The molecule has 0 aliphatic rings. The van der Waals surface area contributed by atoms with Gasteiger partial charge in [0, 0.05) is 32.4 Å². The van der Waals surface area contributed by atoms with Gasteiger partial charge in [-0.25, -0.2) is 0 Å². The lowest BCUT2D eigenvalue weighted by atomic mass is 10.1. The molecular formula is C13H19F2NO3. The second-order valence-corrected chi connectivity index (χ2v) is 3.95. The molecule has 0 spiro atoms. The van der Waals surface area contributed by atoms with Crippen molar-refractivity contribution in [1.82, 2.24) is 5.32 Å². The van der Waals surface area contributed by atoms with Crippen LogP contribution in [0.5, 0.6) is 5.75 Å². The zero-order valence-electron chi connectivity index (χ0n) is 11.2. The summed E-state index contributed by atoms with van der Waals surface area (Å²) in [5, 5.41) is 3.14. The van der Waals surface area contributed by atoms with Crippen LogP contribution in [-0.4, -0.2) is 33.7 Å². The van der Waals surface area contributed by atoms with Crippen molar-refractivity contribution in [3.63, 3.8) is 0 Å². The van der Waals surface area contributed by atoms with Crippen LogP contribution in [0, 0.1) is 0 Å². The van der Waals surface area contributed by atoms with Crippen LogP contribution in [-0.2, 0) is 9.47 Å². The van der Waals surface area contributed by atoms with E-state index in [9.17, 15) is 8.78 Å².